The van der Waals surface area contributed by atoms with Crippen molar-refractivity contribution < 1.29 is 0 Å². The standard InChI is InChI=1S/C14H22BrNS/c1-3-9-16-14(8-10-17-2)11-12-4-6-13(15)7-5-12/h4-7,14,16H,3,8-11H2,1-2H3. The van der Waals surface area contributed by atoms with Crippen LogP contribution in [0.2, 0.25) is 0 Å². The molecule has 1 aromatic carbocycles. The van der Waals surface area contributed by atoms with E-state index in [1.54, 1.807) is 0 Å². The fraction of sp³-hybridized carbons (Fsp3) is 0.571. The van der Waals surface area contributed by atoms with Crippen LogP contribution in [0.1, 0.15) is 25.3 Å². The lowest BCUT2D eigenvalue weighted by atomic mass is 10.0. The zero-order chi connectivity index (χ0) is 12.5. The van der Waals surface area contributed by atoms with Crippen LogP contribution in [-0.4, -0.2) is 24.6 Å². The summed E-state index contributed by atoms with van der Waals surface area (Å²) in [4.78, 5) is 0. The number of hydrogen-bond donors (Lipinski definition) is 1. The molecule has 1 atom stereocenters. The van der Waals surface area contributed by atoms with Gasteiger partial charge in [0.15, 0.2) is 0 Å². The van der Waals surface area contributed by atoms with Gasteiger partial charge in [-0.3, -0.25) is 0 Å². The van der Waals surface area contributed by atoms with Crippen molar-refractivity contribution in [2.75, 3.05) is 18.6 Å². The molecular weight excluding hydrogens is 294 g/mol. The SMILES string of the molecule is CCCNC(CCSC)Cc1ccc(Br)cc1. The van der Waals surface area contributed by atoms with E-state index in [2.05, 4.69) is 58.7 Å². The summed E-state index contributed by atoms with van der Waals surface area (Å²) in [6.45, 7) is 3.34. The van der Waals surface area contributed by atoms with E-state index in [4.69, 9.17) is 0 Å². The van der Waals surface area contributed by atoms with Crippen molar-refractivity contribution in [3.8, 4) is 0 Å². The molecule has 96 valence electrons. The third-order valence-electron chi connectivity index (χ3n) is 2.75. The van der Waals surface area contributed by atoms with Crippen molar-refractivity contribution in [3.63, 3.8) is 0 Å². The smallest absolute Gasteiger partial charge is 0.0175 e. The third kappa shape index (κ3) is 6.49. The van der Waals surface area contributed by atoms with E-state index in [-0.39, 0.29) is 0 Å². The predicted molar refractivity (Wildman–Crippen MR) is 82.9 cm³/mol. The Morgan fingerprint density at radius 2 is 2.00 bits per heavy atom. The number of hydrogen-bond acceptors (Lipinski definition) is 2. The fourth-order valence-corrected chi connectivity index (χ4v) is 2.57. The second-order valence-corrected chi connectivity index (χ2v) is 6.16. The molecule has 0 fully saturated rings. The maximum atomic E-state index is 3.64. The Hall–Kier alpha value is 0.01000. The Morgan fingerprint density at radius 1 is 1.29 bits per heavy atom. The highest BCUT2D eigenvalue weighted by Crippen LogP contribution is 2.13. The minimum Gasteiger partial charge on any atom is -0.314 e. The van der Waals surface area contributed by atoms with Gasteiger partial charge in [-0.25, -0.2) is 0 Å². The summed E-state index contributed by atoms with van der Waals surface area (Å²) in [6.07, 6.45) is 5.76. The normalized spacial score (nSPS) is 12.6. The van der Waals surface area contributed by atoms with Gasteiger partial charge in [-0.05, 0) is 55.5 Å². The molecule has 17 heavy (non-hydrogen) atoms. The molecule has 1 N–H and O–H groups in total. The molecule has 0 spiro atoms. The van der Waals surface area contributed by atoms with Crippen molar-refractivity contribution >= 4 is 27.7 Å². The quantitative estimate of drug-likeness (QED) is 0.774. The van der Waals surface area contributed by atoms with E-state index in [0.29, 0.717) is 6.04 Å². The molecule has 1 nitrogen and oxygen atoms in total. The van der Waals surface area contributed by atoms with Crippen LogP contribution in [-0.2, 0) is 6.42 Å². The van der Waals surface area contributed by atoms with Gasteiger partial charge in [0.2, 0.25) is 0 Å². The Balaban J connectivity index is 2.48. The molecule has 0 saturated carbocycles. The molecule has 0 radical (unpaired) electrons. The Labute approximate surface area is 118 Å². The van der Waals surface area contributed by atoms with Crippen LogP contribution >= 0.6 is 27.7 Å². The minimum atomic E-state index is 0.614. The second kappa shape index (κ2) is 9.01. The van der Waals surface area contributed by atoms with E-state index in [9.17, 15) is 0 Å². The summed E-state index contributed by atoms with van der Waals surface area (Å²) in [5, 5.41) is 3.64. The predicted octanol–water partition coefficient (Wildman–Crippen LogP) is 4.11. The lowest BCUT2D eigenvalue weighted by Crippen LogP contribution is -2.32. The zero-order valence-electron chi connectivity index (χ0n) is 10.7. The van der Waals surface area contributed by atoms with Crippen LogP contribution in [0.5, 0.6) is 0 Å². The van der Waals surface area contributed by atoms with Crippen LogP contribution in [0.4, 0.5) is 0 Å². The summed E-state index contributed by atoms with van der Waals surface area (Å²) in [5.41, 5.74) is 1.42. The largest absolute Gasteiger partial charge is 0.314 e. The minimum absolute atomic E-state index is 0.614. The fourth-order valence-electron chi connectivity index (χ4n) is 1.79. The number of benzene rings is 1. The number of halogens is 1. The van der Waals surface area contributed by atoms with E-state index >= 15 is 0 Å². The van der Waals surface area contributed by atoms with Crippen molar-refractivity contribution in [2.24, 2.45) is 0 Å². The number of thioether (sulfide) groups is 1. The van der Waals surface area contributed by atoms with Gasteiger partial charge in [0.25, 0.3) is 0 Å². The van der Waals surface area contributed by atoms with Gasteiger partial charge < -0.3 is 5.32 Å². The Bertz CT molecular complexity index is 292. The van der Waals surface area contributed by atoms with Crippen LogP contribution < -0.4 is 5.32 Å². The van der Waals surface area contributed by atoms with Gasteiger partial charge in [0, 0.05) is 10.5 Å². The molecule has 0 saturated heterocycles. The summed E-state index contributed by atoms with van der Waals surface area (Å²) < 4.78 is 1.16. The van der Waals surface area contributed by atoms with Gasteiger partial charge in [-0.2, -0.15) is 11.8 Å². The van der Waals surface area contributed by atoms with Crippen molar-refractivity contribution in [2.45, 2.75) is 32.2 Å². The maximum Gasteiger partial charge on any atom is 0.0175 e. The Morgan fingerprint density at radius 3 is 2.59 bits per heavy atom. The molecular formula is C14H22BrNS. The van der Waals surface area contributed by atoms with E-state index < -0.39 is 0 Å². The highest BCUT2D eigenvalue weighted by molar-refractivity contribution is 9.10. The molecule has 1 unspecified atom stereocenters. The van der Waals surface area contributed by atoms with Gasteiger partial charge in [-0.15, -0.1) is 0 Å². The first-order chi connectivity index (χ1) is 8.26. The van der Waals surface area contributed by atoms with Crippen molar-refractivity contribution in [1.82, 2.24) is 5.32 Å². The van der Waals surface area contributed by atoms with E-state index in [0.717, 1.165) is 17.4 Å². The molecule has 0 aliphatic rings. The van der Waals surface area contributed by atoms with Crippen LogP contribution in [0, 0.1) is 0 Å². The van der Waals surface area contributed by atoms with E-state index in [1.807, 2.05) is 11.8 Å². The summed E-state index contributed by atoms with van der Waals surface area (Å²) in [5.74, 6) is 1.23. The van der Waals surface area contributed by atoms with Gasteiger partial charge in [-0.1, -0.05) is 35.0 Å². The van der Waals surface area contributed by atoms with Crippen molar-refractivity contribution in [1.29, 1.82) is 0 Å². The third-order valence-corrected chi connectivity index (χ3v) is 3.92. The lowest BCUT2D eigenvalue weighted by molar-refractivity contribution is 0.497. The lowest BCUT2D eigenvalue weighted by Gasteiger charge is -2.18. The molecule has 3 heteroatoms. The zero-order valence-corrected chi connectivity index (χ0v) is 13.1. The molecule has 0 aliphatic carbocycles. The molecule has 0 heterocycles. The number of rotatable bonds is 8. The highest BCUT2D eigenvalue weighted by Gasteiger charge is 2.08. The first kappa shape index (κ1) is 15.1. The second-order valence-electron chi connectivity index (χ2n) is 4.26. The van der Waals surface area contributed by atoms with Crippen LogP contribution in [0.3, 0.4) is 0 Å². The summed E-state index contributed by atoms with van der Waals surface area (Å²) in [7, 11) is 0. The van der Waals surface area contributed by atoms with Crippen LogP contribution in [0.25, 0.3) is 0 Å². The van der Waals surface area contributed by atoms with Gasteiger partial charge >= 0.3 is 0 Å². The first-order valence-electron chi connectivity index (χ1n) is 6.23. The van der Waals surface area contributed by atoms with Crippen LogP contribution in [0.15, 0.2) is 28.7 Å². The average molecular weight is 316 g/mol. The van der Waals surface area contributed by atoms with Gasteiger partial charge in [0.1, 0.15) is 0 Å². The van der Waals surface area contributed by atoms with E-state index in [1.165, 1.54) is 24.2 Å². The topological polar surface area (TPSA) is 12.0 Å². The first-order valence-corrected chi connectivity index (χ1v) is 8.41. The molecule has 0 bridgehead atoms. The van der Waals surface area contributed by atoms with Gasteiger partial charge in [0.05, 0.1) is 0 Å². The Kier molecular flexibility index (Phi) is 7.99. The molecule has 0 aliphatic heterocycles. The number of nitrogens with one attached hydrogen (secondary N) is 1. The maximum absolute atomic E-state index is 3.64. The monoisotopic (exact) mass is 315 g/mol. The highest BCUT2D eigenvalue weighted by atomic mass is 79.9. The summed E-state index contributed by atoms with van der Waals surface area (Å²) in [6, 6.07) is 9.29. The molecule has 0 aromatic heterocycles. The van der Waals surface area contributed by atoms with Crippen molar-refractivity contribution in [3.05, 3.63) is 34.3 Å². The molecule has 1 rings (SSSR count). The molecule has 0 amide bonds. The molecule has 1 aromatic rings. The average Bonchev–Trinajstić information content (AvgIpc) is 2.35. The summed E-state index contributed by atoms with van der Waals surface area (Å²) >= 11 is 5.41.